The lowest BCUT2D eigenvalue weighted by Gasteiger charge is -2.12. The Morgan fingerprint density at radius 3 is 1.96 bits per heavy atom. The molecular formula is C14H6Cl6N2O2. The second-order valence-electron chi connectivity index (χ2n) is 4.35. The first kappa shape index (κ1) is 19.4. The topological polar surface area (TPSA) is 58.2 Å². The third kappa shape index (κ3) is 4.20. The molecule has 0 atom stereocenters. The highest BCUT2D eigenvalue weighted by atomic mass is 35.5. The van der Waals surface area contributed by atoms with E-state index in [1.54, 1.807) is 6.07 Å². The molecule has 0 aliphatic heterocycles. The molecule has 0 saturated heterocycles. The summed E-state index contributed by atoms with van der Waals surface area (Å²) in [5, 5.41) is 4.70. The van der Waals surface area contributed by atoms with Gasteiger partial charge in [-0.25, -0.2) is 4.79 Å². The number of carbonyl (C=O) groups excluding carboxylic acids is 2. The smallest absolute Gasteiger partial charge is 0.306 e. The van der Waals surface area contributed by atoms with Crippen LogP contribution in [0.15, 0.2) is 24.3 Å². The van der Waals surface area contributed by atoms with Crippen molar-refractivity contribution >= 4 is 87.2 Å². The van der Waals surface area contributed by atoms with Gasteiger partial charge in [0.1, 0.15) is 0 Å². The van der Waals surface area contributed by atoms with Crippen molar-refractivity contribution in [1.82, 2.24) is 5.32 Å². The number of urea groups is 1. The molecule has 0 aromatic heterocycles. The third-order valence-electron chi connectivity index (χ3n) is 2.77. The fraction of sp³-hybridized carbons (Fsp3) is 0. The number of benzene rings is 2. The summed E-state index contributed by atoms with van der Waals surface area (Å²) in [6, 6.07) is 4.92. The summed E-state index contributed by atoms with van der Waals surface area (Å²) < 4.78 is 0. The van der Waals surface area contributed by atoms with Crippen LogP contribution in [-0.2, 0) is 0 Å². The Kier molecular flexibility index (Phi) is 6.48. The van der Waals surface area contributed by atoms with E-state index in [-0.39, 0.29) is 41.4 Å². The van der Waals surface area contributed by atoms with Crippen LogP contribution in [0.5, 0.6) is 0 Å². The molecular weight excluding hydrogens is 441 g/mol. The second-order valence-corrected chi connectivity index (χ2v) is 6.71. The van der Waals surface area contributed by atoms with Gasteiger partial charge in [-0.1, -0.05) is 75.7 Å². The van der Waals surface area contributed by atoms with E-state index in [1.165, 1.54) is 18.2 Å². The van der Waals surface area contributed by atoms with Crippen LogP contribution in [0.4, 0.5) is 10.5 Å². The largest absolute Gasteiger partial charge is 0.326 e. The maximum atomic E-state index is 12.1. The normalized spacial score (nSPS) is 10.4. The van der Waals surface area contributed by atoms with E-state index < -0.39 is 11.9 Å². The molecule has 10 heteroatoms. The highest BCUT2D eigenvalue weighted by Gasteiger charge is 2.19. The van der Waals surface area contributed by atoms with Crippen molar-refractivity contribution in [2.24, 2.45) is 0 Å². The molecule has 2 aromatic carbocycles. The average molecular weight is 447 g/mol. The Morgan fingerprint density at radius 2 is 1.38 bits per heavy atom. The number of halogens is 6. The van der Waals surface area contributed by atoms with E-state index in [2.05, 4.69) is 10.6 Å². The lowest BCUT2D eigenvalue weighted by Crippen LogP contribution is -2.34. The van der Waals surface area contributed by atoms with Crippen molar-refractivity contribution in [3.05, 3.63) is 60.0 Å². The summed E-state index contributed by atoms with van der Waals surface area (Å²) in [7, 11) is 0. The summed E-state index contributed by atoms with van der Waals surface area (Å²) in [6.07, 6.45) is 0. The molecule has 0 radical (unpaired) electrons. The summed E-state index contributed by atoms with van der Waals surface area (Å²) in [6.45, 7) is 0. The Hall–Kier alpha value is -0.880. The van der Waals surface area contributed by atoms with E-state index in [1.807, 2.05) is 0 Å². The number of hydrogen-bond acceptors (Lipinski definition) is 2. The molecule has 0 saturated carbocycles. The van der Waals surface area contributed by atoms with Gasteiger partial charge in [0.05, 0.1) is 41.4 Å². The number of nitrogens with one attached hydrogen (secondary N) is 2. The number of amides is 3. The van der Waals surface area contributed by atoms with Crippen LogP contribution in [-0.4, -0.2) is 11.9 Å². The van der Waals surface area contributed by atoms with Crippen LogP contribution >= 0.6 is 69.6 Å². The van der Waals surface area contributed by atoms with Gasteiger partial charge in [0, 0.05) is 0 Å². The van der Waals surface area contributed by atoms with Gasteiger partial charge >= 0.3 is 6.03 Å². The van der Waals surface area contributed by atoms with Gasteiger partial charge in [-0.3, -0.25) is 10.1 Å². The van der Waals surface area contributed by atoms with Crippen molar-refractivity contribution < 1.29 is 9.59 Å². The molecule has 3 amide bonds. The Bertz CT molecular complexity index is 820. The zero-order chi connectivity index (χ0) is 18.0. The number of anilines is 1. The molecule has 126 valence electrons. The Balaban J connectivity index is 2.19. The third-order valence-corrected chi connectivity index (χ3v) is 5.15. The standard InChI is InChI=1S/C14H6Cl6N2O2/c15-5-2-1-3-6(16)9(5)13(23)22-14(24)21-8-4-7(17)10(18)12(20)11(8)19/h1-4H,(H2,21,22,23,24). The average Bonchev–Trinajstić information content (AvgIpc) is 2.50. The van der Waals surface area contributed by atoms with E-state index in [0.717, 1.165) is 0 Å². The molecule has 4 nitrogen and oxygen atoms in total. The van der Waals surface area contributed by atoms with Crippen molar-refractivity contribution in [2.75, 3.05) is 5.32 Å². The molecule has 0 unspecified atom stereocenters. The van der Waals surface area contributed by atoms with Crippen molar-refractivity contribution in [1.29, 1.82) is 0 Å². The second kappa shape index (κ2) is 8.00. The van der Waals surface area contributed by atoms with E-state index in [4.69, 9.17) is 69.6 Å². The minimum absolute atomic E-state index is 0.0237. The van der Waals surface area contributed by atoms with Gasteiger partial charge in [-0.15, -0.1) is 0 Å². The molecule has 2 aromatic rings. The van der Waals surface area contributed by atoms with E-state index in [9.17, 15) is 9.59 Å². The predicted octanol–water partition coefficient (Wildman–Crippen LogP) is 6.57. The monoisotopic (exact) mass is 444 g/mol. The fourth-order valence-electron chi connectivity index (χ4n) is 1.70. The van der Waals surface area contributed by atoms with Crippen LogP contribution in [0.3, 0.4) is 0 Å². The SMILES string of the molecule is O=C(NC(=O)c1c(Cl)cccc1Cl)Nc1cc(Cl)c(Cl)c(Cl)c1Cl. The summed E-state index contributed by atoms with van der Waals surface area (Å²) in [4.78, 5) is 24.1. The van der Waals surface area contributed by atoms with Gasteiger partial charge in [0.25, 0.3) is 5.91 Å². The van der Waals surface area contributed by atoms with E-state index >= 15 is 0 Å². The maximum Gasteiger partial charge on any atom is 0.326 e. The molecule has 0 aliphatic rings. The van der Waals surface area contributed by atoms with Gasteiger partial charge in [-0.05, 0) is 18.2 Å². The number of hydrogen-bond donors (Lipinski definition) is 2. The maximum absolute atomic E-state index is 12.1. The first-order valence-corrected chi connectivity index (χ1v) is 8.38. The van der Waals surface area contributed by atoms with Crippen molar-refractivity contribution in [3.8, 4) is 0 Å². The quantitative estimate of drug-likeness (QED) is 0.405. The van der Waals surface area contributed by atoms with Crippen LogP contribution in [0.1, 0.15) is 10.4 Å². The highest BCUT2D eigenvalue weighted by molar-refractivity contribution is 6.53. The number of carbonyl (C=O) groups is 2. The lowest BCUT2D eigenvalue weighted by molar-refractivity contribution is 0.0967. The lowest BCUT2D eigenvalue weighted by atomic mass is 10.2. The molecule has 0 aliphatic carbocycles. The molecule has 24 heavy (non-hydrogen) atoms. The Morgan fingerprint density at radius 1 is 0.792 bits per heavy atom. The van der Waals surface area contributed by atoms with Crippen molar-refractivity contribution in [3.63, 3.8) is 0 Å². The van der Waals surface area contributed by atoms with Crippen molar-refractivity contribution in [2.45, 2.75) is 0 Å². The summed E-state index contributed by atoms with van der Waals surface area (Å²) in [5.41, 5.74) is 0.0425. The molecule has 2 rings (SSSR count). The Labute approximate surface area is 166 Å². The van der Waals surface area contributed by atoms with Gasteiger partial charge in [0.2, 0.25) is 0 Å². The highest BCUT2D eigenvalue weighted by Crippen LogP contribution is 2.40. The minimum Gasteiger partial charge on any atom is -0.306 e. The van der Waals surface area contributed by atoms with Crippen LogP contribution in [0, 0.1) is 0 Å². The van der Waals surface area contributed by atoms with Crippen LogP contribution < -0.4 is 10.6 Å². The minimum atomic E-state index is -0.882. The molecule has 0 fully saturated rings. The van der Waals surface area contributed by atoms with Crippen LogP contribution in [0.25, 0.3) is 0 Å². The molecule has 0 spiro atoms. The number of imide groups is 1. The first-order valence-electron chi connectivity index (χ1n) is 6.11. The zero-order valence-electron chi connectivity index (χ0n) is 11.4. The molecule has 0 bridgehead atoms. The van der Waals surface area contributed by atoms with Gasteiger partial charge < -0.3 is 5.32 Å². The first-order chi connectivity index (χ1) is 11.2. The summed E-state index contributed by atoms with van der Waals surface area (Å²) in [5.74, 6) is -0.787. The predicted molar refractivity (Wildman–Crippen MR) is 99.4 cm³/mol. The molecule has 0 heterocycles. The van der Waals surface area contributed by atoms with Gasteiger partial charge in [0.15, 0.2) is 0 Å². The van der Waals surface area contributed by atoms with Crippen LogP contribution in [0.2, 0.25) is 30.1 Å². The molecule has 2 N–H and O–H groups in total. The van der Waals surface area contributed by atoms with Gasteiger partial charge in [-0.2, -0.15) is 0 Å². The van der Waals surface area contributed by atoms with E-state index in [0.29, 0.717) is 0 Å². The fourth-order valence-corrected chi connectivity index (χ4v) is 3.12. The summed E-state index contributed by atoms with van der Waals surface area (Å²) >= 11 is 35.4. The number of rotatable bonds is 2. The zero-order valence-corrected chi connectivity index (χ0v) is 15.9.